The van der Waals surface area contributed by atoms with Crippen molar-refractivity contribution in [1.29, 1.82) is 0 Å². The van der Waals surface area contributed by atoms with Crippen LogP contribution < -0.4 is 16.0 Å². The van der Waals surface area contributed by atoms with E-state index in [0.29, 0.717) is 18.2 Å². The van der Waals surface area contributed by atoms with Gasteiger partial charge in [0.15, 0.2) is 5.78 Å². The molecule has 1 fully saturated rings. The Balaban J connectivity index is 1.67. The molecule has 1 aromatic carbocycles. The summed E-state index contributed by atoms with van der Waals surface area (Å²) < 4.78 is 0.977. The van der Waals surface area contributed by atoms with E-state index >= 15 is 0 Å². The van der Waals surface area contributed by atoms with Crippen LogP contribution in [0.4, 0.5) is 17.6 Å². The smallest absolute Gasteiger partial charge is 0.229 e. The second-order valence-electron chi connectivity index (χ2n) is 8.00. The molecule has 0 bridgehead atoms. The van der Waals surface area contributed by atoms with Gasteiger partial charge in [-0.1, -0.05) is 28.1 Å². The first kappa shape index (κ1) is 18.6. The Labute approximate surface area is 178 Å². The zero-order chi connectivity index (χ0) is 20.0. The summed E-state index contributed by atoms with van der Waals surface area (Å²) in [6.07, 6.45) is 5.85. The van der Waals surface area contributed by atoms with Gasteiger partial charge >= 0.3 is 0 Å². The van der Waals surface area contributed by atoms with Crippen LogP contribution in [-0.4, -0.2) is 28.8 Å². The third-order valence-corrected chi connectivity index (χ3v) is 6.58. The van der Waals surface area contributed by atoms with E-state index in [1.165, 1.54) is 6.42 Å². The first-order valence-electron chi connectivity index (χ1n) is 10.3. The first-order valence-corrected chi connectivity index (χ1v) is 11.1. The number of anilines is 3. The summed E-state index contributed by atoms with van der Waals surface area (Å²) in [7, 11) is 0. The Morgan fingerprint density at radius 3 is 2.72 bits per heavy atom. The lowest BCUT2D eigenvalue weighted by atomic mass is 9.76. The third-order valence-electron chi connectivity index (χ3n) is 6.09. The second kappa shape index (κ2) is 7.44. The van der Waals surface area contributed by atoms with Gasteiger partial charge in [-0.2, -0.15) is 9.97 Å². The molecular weight excluding hydrogens is 430 g/mol. The van der Waals surface area contributed by atoms with Gasteiger partial charge < -0.3 is 16.0 Å². The predicted octanol–water partition coefficient (Wildman–Crippen LogP) is 4.38. The highest BCUT2D eigenvalue weighted by Crippen LogP contribution is 2.47. The highest BCUT2D eigenvalue weighted by Gasteiger charge is 2.38. The molecule has 0 amide bonds. The van der Waals surface area contributed by atoms with Crippen molar-refractivity contribution in [2.75, 3.05) is 29.0 Å². The third kappa shape index (κ3) is 3.31. The Morgan fingerprint density at radius 2 is 1.93 bits per heavy atom. The van der Waals surface area contributed by atoms with E-state index in [1.54, 1.807) is 0 Å². The molecule has 3 N–H and O–H groups in total. The maximum Gasteiger partial charge on any atom is 0.229 e. The quantitative estimate of drug-likeness (QED) is 0.701. The van der Waals surface area contributed by atoms with Crippen molar-refractivity contribution < 1.29 is 4.79 Å². The minimum Gasteiger partial charge on any atom is -0.383 e. The van der Waals surface area contributed by atoms with Gasteiger partial charge in [0, 0.05) is 46.7 Å². The van der Waals surface area contributed by atoms with Crippen LogP contribution in [-0.2, 0) is 4.79 Å². The second-order valence-corrected chi connectivity index (χ2v) is 8.92. The molecule has 1 saturated heterocycles. The fourth-order valence-electron chi connectivity index (χ4n) is 4.72. The molecule has 2 aliphatic heterocycles. The van der Waals surface area contributed by atoms with Crippen LogP contribution in [0.25, 0.3) is 0 Å². The average Bonchev–Trinajstić information content (AvgIpc) is 2.73. The lowest BCUT2D eigenvalue weighted by molar-refractivity contribution is -0.116. The minimum absolute atomic E-state index is 0.189. The number of allylic oxidation sites excluding steroid dienone is 2. The number of Topliss-reactive ketones (excluding diaryl/α,β-unsaturated/α-hetero) is 1. The number of nitrogens with one attached hydrogen (secondary N) is 1. The van der Waals surface area contributed by atoms with E-state index in [4.69, 9.17) is 10.7 Å². The molecule has 0 spiro atoms. The molecule has 6 nitrogen and oxygen atoms in total. The van der Waals surface area contributed by atoms with E-state index in [0.717, 1.165) is 71.5 Å². The summed E-state index contributed by atoms with van der Waals surface area (Å²) in [5, 5.41) is 3.45. The number of nitrogens with zero attached hydrogens (tertiary/aromatic N) is 3. The molecule has 1 aliphatic carbocycles. The summed E-state index contributed by atoms with van der Waals surface area (Å²) in [6, 6.07) is 8.09. The zero-order valence-corrected chi connectivity index (χ0v) is 17.8. The van der Waals surface area contributed by atoms with Crippen LogP contribution in [0, 0.1) is 0 Å². The molecule has 5 rings (SSSR count). The van der Waals surface area contributed by atoms with Crippen molar-refractivity contribution in [2.45, 2.75) is 44.4 Å². The van der Waals surface area contributed by atoms with Crippen LogP contribution in [0.5, 0.6) is 0 Å². The monoisotopic (exact) mass is 453 g/mol. The van der Waals surface area contributed by atoms with Crippen LogP contribution in [0.1, 0.15) is 55.6 Å². The van der Waals surface area contributed by atoms with Gasteiger partial charge in [-0.05, 0) is 49.8 Å². The van der Waals surface area contributed by atoms with E-state index in [1.807, 2.05) is 12.1 Å². The van der Waals surface area contributed by atoms with Gasteiger partial charge in [-0.25, -0.2) is 0 Å². The number of aromatic nitrogens is 2. The number of fused-ring (bicyclic) bond motifs is 1. The van der Waals surface area contributed by atoms with Crippen molar-refractivity contribution in [3.05, 3.63) is 51.1 Å². The van der Waals surface area contributed by atoms with Gasteiger partial charge in [0.1, 0.15) is 11.6 Å². The van der Waals surface area contributed by atoms with E-state index in [2.05, 4.69) is 43.3 Å². The summed E-state index contributed by atoms with van der Waals surface area (Å²) >= 11 is 3.57. The SMILES string of the molecule is Nc1nc(N2CCCCC2)nc2c1[C@H](c1cccc(Br)c1)C1=C(CCCC1=O)N2. The Hall–Kier alpha value is -2.41. The predicted molar refractivity (Wildman–Crippen MR) is 118 cm³/mol. The number of rotatable bonds is 2. The van der Waals surface area contributed by atoms with Gasteiger partial charge in [0.2, 0.25) is 5.95 Å². The number of halogens is 1. The molecular formula is C22H24BrN5O. The molecule has 2 aromatic rings. The molecule has 1 aromatic heterocycles. The van der Waals surface area contributed by atoms with Crippen LogP contribution >= 0.6 is 15.9 Å². The summed E-state index contributed by atoms with van der Waals surface area (Å²) in [6.45, 7) is 1.92. The maximum atomic E-state index is 12.9. The fraction of sp³-hybridized carbons (Fsp3) is 0.409. The molecule has 29 heavy (non-hydrogen) atoms. The minimum atomic E-state index is -0.234. The van der Waals surface area contributed by atoms with Crippen molar-refractivity contribution in [2.24, 2.45) is 0 Å². The van der Waals surface area contributed by atoms with Gasteiger partial charge in [0.05, 0.1) is 0 Å². The molecule has 1 atom stereocenters. The Bertz CT molecular complexity index is 1010. The molecule has 3 aliphatic rings. The van der Waals surface area contributed by atoms with Crippen LogP contribution in [0.15, 0.2) is 40.0 Å². The van der Waals surface area contributed by atoms with Gasteiger partial charge in [-0.3, -0.25) is 4.79 Å². The zero-order valence-electron chi connectivity index (χ0n) is 16.2. The molecule has 3 heterocycles. The standard InChI is InChI=1S/C22H24BrN5O/c23-14-7-4-6-13(12-14)17-18-15(8-5-9-16(18)29)25-21-19(17)20(24)26-22(27-21)28-10-2-1-3-11-28/h4,6-7,12,17H,1-3,5,8-11H2,(H3,24,25,26,27)/t17-/m1/s1. The van der Waals surface area contributed by atoms with Crippen molar-refractivity contribution >= 4 is 39.3 Å². The van der Waals surface area contributed by atoms with Crippen LogP contribution in [0.2, 0.25) is 0 Å². The summed E-state index contributed by atoms with van der Waals surface area (Å²) in [5.41, 5.74) is 10.2. The average molecular weight is 454 g/mol. The van der Waals surface area contributed by atoms with E-state index < -0.39 is 0 Å². The lowest BCUT2D eigenvalue weighted by Crippen LogP contribution is -2.33. The maximum absolute atomic E-state index is 12.9. The lowest BCUT2D eigenvalue weighted by Gasteiger charge is -2.35. The topological polar surface area (TPSA) is 84.1 Å². The van der Waals surface area contributed by atoms with E-state index in [9.17, 15) is 4.79 Å². The number of hydrogen-bond acceptors (Lipinski definition) is 6. The number of ketones is 1. The summed E-state index contributed by atoms with van der Waals surface area (Å²) in [5.74, 6) is 1.85. The Kier molecular flexibility index (Phi) is 4.78. The number of nitrogens with two attached hydrogens (primary N) is 1. The highest BCUT2D eigenvalue weighted by atomic mass is 79.9. The number of benzene rings is 1. The molecule has 150 valence electrons. The molecule has 0 saturated carbocycles. The number of carbonyl (C=O) groups is 1. The molecule has 0 radical (unpaired) electrons. The fourth-order valence-corrected chi connectivity index (χ4v) is 5.14. The van der Waals surface area contributed by atoms with Gasteiger partial charge in [-0.15, -0.1) is 0 Å². The van der Waals surface area contributed by atoms with Crippen molar-refractivity contribution in [3.63, 3.8) is 0 Å². The molecule has 0 unspecified atom stereocenters. The largest absolute Gasteiger partial charge is 0.383 e. The Morgan fingerprint density at radius 1 is 1.10 bits per heavy atom. The van der Waals surface area contributed by atoms with Gasteiger partial charge in [0.25, 0.3) is 0 Å². The first-order chi connectivity index (χ1) is 14.1. The van der Waals surface area contributed by atoms with E-state index in [-0.39, 0.29) is 11.7 Å². The highest BCUT2D eigenvalue weighted by molar-refractivity contribution is 9.10. The number of piperidine rings is 1. The number of hydrogen-bond donors (Lipinski definition) is 2. The number of carbonyl (C=O) groups excluding carboxylic acids is 1. The van der Waals surface area contributed by atoms with Crippen molar-refractivity contribution in [3.8, 4) is 0 Å². The van der Waals surface area contributed by atoms with Crippen molar-refractivity contribution in [1.82, 2.24) is 9.97 Å². The molecule has 7 heteroatoms. The number of nitrogen functional groups attached to an aromatic ring is 1. The summed E-state index contributed by atoms with van der Waals surface area (Å²) in [4.78, 5) is 24.7. The normalized spacial score (nSPS) is 21.5. The van der Waals surface area contributed by atoms with Crippen LogP contribution in [0.3, 0.4) is 0 Å².